The molecule has 5 nitrogen and oxygen atoms in total. The van der Waals surface area contributed by atoms with Crippen LogP contribution in [0.5, 0.6) is 0 Å². The Morgan fingerprint density at radius 2 is 1.74 bits per heavy atom. The van der Waals surface area contributed by atoms with Gasteiger partial charge in [-0.2, -0.15) is 0 Å². The van der Waals surface area contributed by atoms with E-state index in [4.69, 9.17) is 5.11 Å². The molecule has 2 fully saturated rings. The van der Waals surface area contributed by atoms with E-state index in [1.165, 1.54) is 0 Å². The van der Waals surface area contributed by atoms with Crippen LogP contribution in [0, 0.1) is 23.7 Å². The first-order valence-corrected chi connectivity index (χ1v) is 7.15. The molecule has 1 amide bonds. The fourth-order valence-electron chi connectivity index (χ4n) is 3.41. The molecule has 1 aliphatic heterocycles. The molecule has 0 radical (unpaired) electrons. The maximum absolute atomic E-state index is 12.5. The van der Waals surface area contributed by atoms with E-state index in [1.54, 1.807) is 4.90 Å². The van der Waals surface area contributed by atoms with Gasteiger partial charge < -0.3 is 15.1 Å². The van der Waals surface area contributed by atoms with Crippen molar-refractivity contribution in [3.63, 3.8) is 0 Å². The van der Waals surface area contributed by atoms with Gasteiger partial charge in [0.15, 0.2) is 0 Å². The Morgan fingerprint density at radius 3 is 2.26 bits per heavy atom. The highest BCUT2D eigenvalue weighted by atomic mass is 16.4. The van der Waals surface area contributed by atoms with E-state index in [-0.39, 0.29) is 18.4 Å². The first-order chi connectivity index (χ1) is 9.02. The summed E-state index contributed by atoms with van der Waals surface area (Å²) in [4.78, 5) is 25.5. The van der Waals surface area contributed by atoms with E-state index in [2.05, 4.69) is 0 Å². The number of aliphatic hydroxyl groups is 1. The second-order valence-corrected chi connectivity index (χ2v) is 6.08. The van der Waals surface area contributed by atoms with Crippen molar-refractivity contribution in [2.75, 3.05) is 19.7 Å². The zero-order valence-corrected chi connectivity index (χ0v) is 11.4. The van der Waals surface area contributed by atoms with E-state index in [9.17, 15) is 14.7 Å². The third kappa shape index (κ3) is 3.08. The van der Waals surface area contributed by atoms with Crippen LogP contribution in [-0.4, -0.2) is 46.7 Å². The highest BCUT2D eigenvalue weighted by molar-refractivity contribution is 5.85. The molecule has 1 saturated carbocycles. The number of likely N-dealkylation sites (tertiary alicyclic amines) is 1. The topological polar surface area (TPSA) is 77.8 Å². The Bertz CT molecular complexity index is 349. The van der Waals surface area contributed by atoms with Crippen molar-refractivity contribution >= 4 is 11.9 Å². The molecule has 1 unspecified atom stereocenters. The van der Waals surface area contributed by atoms with Crippen molar-refractivity contribution < 1.29 is 19.8 Å². The zero-order chi connectivity index (χ0) is 14.0. The summed E-state index contributed by atoms with van der Waals surface area (Å²) >= 11 is 0. The summed E-state index contributed by atoms with van der Waals surface area (Å²) in [5, 5.41) is 18.3. The molecule has 3 atom stereocenters. The summed E-state index contributed by atoms with van der Waals surface area (Å²) in [6.45, 7) is 3.50. The summed E-state index contributed by atoms with van der Waals surface area (Å²) in [6.07, 6.45) is 2.94. The Morgan fingerprint density at radius 1 is 1.16 bits per heavy atom. The monoisotopic (exact) mass is 269 g/mol. The Labute approximate surface area is 113 Å². The summed E-state index contributed by atoms with van der Waals surface area (Å²) in [5.41, 5.74) is 0. The van der Waals surface area contributed by atoms with E-state index in [0.29, 0.717) is 37.8 Å². The molecule has 2 aliphatic rings. The lowest BCUT2D eigenvalue weighted by atomic mass is 9.92. The van der Waals surface area contributed by atoms with Gasteiger partial charge >= 0.3 is 5.97 Å². The highest BCUT2D eigenvalue weighted by Crippen LogP contribution is 2.38. The maximum Gasteiger partial charge on any atom is 0.307 e. The Hall–Kier alpha value is -1.10. The van der Waals surface area contributed by atoms with Gasteiger partial charge in [-0.1, -0.05) is 6.92 Å². The first kappa shape index (κ1) is 14.3. The first-order valence-electron chi connectivity index (χ1n) is 7.15. The van der Waals surface area contributed by atoms with Gasteiger partial charge in [-0.05, 0) is 37.5 Å². The van der Waals surface area contributed by atoms with E-state index in [1.807, 2.05) is 6.92 Å². The SMILES string of the molecule is CC1C[C@H](C(=O)N2CCC(CO)CC2)[C@H](C(=O)O)C1. The summed E-state index contributed by atoms with van der Waals surface area (Å²) in [6, 6.07) is 0. The number of carboxylic acid groups (broad SMARTS) is 1. The predicted octanol–water partition coefficient (Wildman–Crippen LogP) is 0.964. The van der Waals surface area contributed by atoms with Gasteiger partial charge in [0.25, 0.3) is 0 Å². The van der Waals surface area contributed by atoms with Crippen LogP contribution in [0.2, 0.25) is 0 Å². The molecular weight excluding hydrogens is 246 g/mol. The standard InChI is InChI=1S/C14H23NO4/c1-9-6-11(12(7-9)14(18)19)13(17)15-4-2-10(8-16)3-5-15/h9-12,16H,2-8H2,1H3,(H,18,19)/t9?,11-,12+/m0/s1. The number of aliphatic carboxylic acids is 1. The smallest absolute Gasteiger partial charge is 0.307 e. The van der Waals surface area contributed by atoms with Gasteiger partial charge in [-0.3, -0.25) is 9.59 Å². The molecule has 1 heterocycles. The number of hydrogen-bond donors (Lipinski definition) is 2. The van der Waals surface area contributed by atoms with E-state index in [0.717, 1.165) is 12.8 Å². The quantitative estimate of drug-likeness (QED) is 0.800. The minimum absolute atomic E-state index is 0.00754. The number of carbonyl (C=O) groups is 2. The van der Waals surface area contributed by atoms with Gasteiger partial charge in [0.05, 0.1) is 11.8 Å². The molecule has 2 N–H and O–H groups in total. The number of aliphatic hydroxyl groups excluding tert-OH is 1. The van der Waals surface area contributed by atoms with E-state index >= 15 is 0 Å². The van der Waals surface area contributed by atoms with Crippen molar-refractivity contribution in [1.29, 1.82) is 0 Å². The largest absolute Gasteiger partial charge is 0.481 e. The molecule has 2 rings (SSSR count). The third-order valence-electron chi connectivity index (χ3n) is 4.62. The number of carbonyl (C=O) groups excluding carboxylic acids is 1. The van der Waals surface area contributed by atoms with Crippen LogP contribution in [0.4, 0.5) is 0 Å². The van der Waals surface area contributed by atoms with Crippen LogP contribution in [0.1, 0.15) is 32.6 Å². The number of rotatable bonds is 3. The average Bonchev–Trinajstić information content (AvgIpc) is 2.80. The molecule has 1 saturated heterocycles. The number of amides is 1. The Kier molecular flexibility index (Phi) is 4.45. The lowest BCUT2D eigenvalue weighted by molar-refractivity contribution is -0.149. The van der Waals surface area contributed by atoms with Crippen molar-refractivity contribution in [2.24, 2.45) is 23.7 Å². The number of piperidine rings is 1. The summed E-state index contributed by atoms with van der Waals surface area (Å²) in [7, 11) is 0. The van der Waals surface area contributed by atoms with Crippen LogP contribution in [0.25, 0.3) is 0 Å². The molecule has 1 aliphatic carbocycles. The number of hydrogen-bond acceptors (Lipinski definition) is 3. The van der Waals surface area contributed by atoms with Crippen LogP contribution in [0.15, 0.2) is 0 Å². The zero-order valence-electron chi connectivity index (χ0n) is 11.4. The van der Waals surface area contributed by atoms with Gasteiger partial charge in [-0.15, -0.1) is 0 Å². The second kappa shape index (κ2) is 5.90. The molecule has 0 aromatic rings. The molecule has 0 spiro atoms. The van der Waals surface area contributed by atoms with Crippen molar-refractivity contribution in [2.45, 2.75) is 32.6 Å². The minimum atomic E-state index is -0.840. The second-order valence-electron chi connectivity index (χ2n) is 6.08. The average molecular weight is 269 g/mol. The summed E-state index contributed by atoms with van der Waals surface area (Å²) < 4.78 is 0. The minimum Gasteiger partial charge on any atom is -0.481 e. The highest BCUT2D eigenvalue weighted by Gasteiger charge is 2.43. The van der Waals surface area contributed by atoms with Gasteiger partial charge in [0, 0.05) is 19.7 Å². The molecule has 19 heavy (non-hydrogen) atoms. The van der Waals surface area contributed by atoms with Crippen molar-refractivity contribution in [3.05, 3.63) is 0 Å². The van der Waals surface area contributed by atoms with Crippen molar-refractivity contribution in [3.8, 4) is 0 Å². The van der Waals surface area contributed by atoms with Gasteiger partial charge in [0.1, 0.15) is 0 Å². The molecule has 0 aromatic heterocycles. The molecule has 0 bridgehead atoms. The van der Waals surface area contributed by atoms with Crippen LogP contribution < -0.4 is 0 Å². The fraction of sp³-hybridized carbons (Fsp3) is 0.857. The fourth-order valence-corrected chi connectivity index (χ4v) is 3.41. The van der Waals surface area contributed by atoms with Gasteiger partial charge in [-0.25, -0.2) is 0 Å². The lowest BCUT2D eigenvalue weighted by Crippen LogP contribution is -2.44. The van der Waals surface area contributed by atoms with Gasteiger partial charge in [0.2, 0.25) is 5.91 Å². The maximum atomic E-state index is 12.5. The molecular formula is C14H23NO4. The van der Waals surface area contributed by atoms with Crippen LogP contribution in [-0.2, 0) is 9.59 Å². The number of nitrogens with zero attached hydrogens (tertiary/aromatic N) is 1. The number of carboxylic acids is 1. The summed E-state index contributed by atoms with van der Waals surface area (Å²) in [5.74, 6) is -1.09. The third-order valence-corrected chi connectivity index (χ3v) is 4.62. The van der Waals surface area contributed by atoms with Crippen molar-refractivity contribution in [1.82, 2.24) is 4.90 Å². The normalized spacial score (nSPS) is 32.5. The van der Waals surface area contributed by atoms with Crippen LogP contribution >= 0.6 is 0 Å². The van der Waals surface area contributed by atoms with Crippen LogP contribution in [0.3, 0.4) is 0 Å². The lowest BCUT2D eigenvalue weighted by Gasteiger charge is -2.33. The molecule has 0 aromatic carbocycles. The Balaban J connectivity index is 1.97. The molecule has 5 heteroatoms. The predicted molar refractivity (Wildman–Crippen MR) is 69.4 cm³/mol. The molecule has 108 valence electrons. The van der Waals surface area contributed by atoms with E-state index < -0.39 is 11.9 Å².